The SMILES string of the molecule is C=CC(=O)OCOc1ccc(C(=O)Oc2ccc(OC(F)(F)F)cc2)cc1. The fourth-order valence-corrected chi connectivity index (χ4v) is 1.78. The summed E-state index contributed by atoms with van der Waals surface area (Å²) in [5, 5.41) is 0. The van der Waals surface area contributed by atoms with E-state index in [0.29, 0.717) is 5.75 Å². The maximum absolute atomic E-state index is 12.1. The van der Waals surface area contributed by atoms with Gasteiger partial charge in [-0.1, -0.05) is 6.58 Å². The van der Waals surface area contributed by atoms with E-state index < -0.39 is 24.1 Å². The first-order chi connectivity index (χ1) is 12.8. The number of hydrogen-bond acceptors (Lipinski definition) is 6. The fraction of sp³-hybridized carbons (Fsp3) is 0.111. The molecule has 0 amide bonds. The van der Waals surface area contributed by atoms with E-state index in [1.807, 2.05) is 0 Å². The molecule has 2 aromatic rings. The summed E-state index contributed by atoms with van der Waals surface area (Å²) in [5.41, 5.74) is 0.182. The number of alkyl halides is 3. The van der Waals surface area contributed by atoms with E-state index in [1.54, 1.807) is 0 Å². The number of halogens is 3. The number of ether oxygens (including phenoxy) is 4. The molecule has 0 radical (unpaired) electrons. The van der Waals surface area contributed by atoms with E-state index in [0.717, 1.165) is 18.2 Å². The van der Waals surface area contributed by atoms with Crippen molar-refractivity contribution >= 4 is 11.9 Å². The Morgan fingerprint density at radius 2 is 1.48 bits per heavy atom. The molecule has 6 nitrogen and oxygen atoms in total. The van der Waals surface area contributed by atoms with Gasteiger partial charge in [-0.2, -0.15) is 0 Å². The smallest absolute Gasteiger partial charge is 0.457 e. The fourth-order valence-electron chi connectivity index (χ4n) is 1.78. The summed E-state index contributed by atoms with van der Waals surface area (Å²) < 4.78 is 54.8. The van der Waals surface area contributed by atoms with Crippen LogP contribution in [0.1, 0.15) is 10.4 Å². The Kier molecular flexibility index (Phi) is 6.42. The Morgan fingerprint density at radius 3 is 2.04 bits per heavy atom. The molecule has 0 atom stereocenters. The first-order valence-corrected chi connectivity index (χ1v) is 7.37. The zero-order valence-corrected chi connectivity index (χ0v) is 13.7. The van der Waals surface area contributed by atoms with Gasteiger partial charge in [0.2, 0.25) is 6.79 Å². The van der Waals surface area contributed by atoms with E-state index in [1.165, 1.54) is 36.4 Å². The second-order valence-electron chi connectivity index (χ2n) is 4.86. The van der Waals surface area contributed by atoms with Crippen LogP contribution in [-0.2, 0) is 9.53 Å². The maximum atomic E-state index is 12.1. The lowest BCUT2D eigenvalue weighted by molar-refractivity contribution is -0.274. The summed E-state index contributed by atoms with van der Waals surface area (Å²) in [6.07, 6.45) is -3.81. The Bertz CT molecular complexity index is 797. The number of rotatable bonds is 7. The molecule has 0 unspecified atom stereocenters. The first-order valence-electron chi connectivity index (χ1n) is 7.37. The van der Waals surface area contributed by atoms with Crippen LogP contribution in [-0.4, -0.2) is 25.1 Å². The van der Waals surface area contributed by atoms with Crippen LogP contribution in [0.5, 0.6) is 17.2 Å². The average Bonchev–Trinajstić information content (AvgIpc) is 2.62. The highest BCUT2D eigenvalue weighted by atomic mass is 19.4. The van der Waals surface area contributed by atoms with Crippen LogP contribution in [0.25, 0.3) is 0 Å². The van der Waals surface area contributed by atoms with E-state index in [4.69, 9.17) is 9.47 Å². The Morgan fingerprint density at radius 1 is 0.926 bits per heavy atom. The molecule has 0 fully saturated rings. The molecule has 9 heteroatoms. The zero-order chi connectivity index (χ0) is 19.9. The summed E-state index contributed by atoms with van der Waals surface area (Å²) in [6.45, 7) is 2.92. The third-order valence-corrected chi connectivity index (χ3v) is 2.95. The van der Waals surface area contributed by atoms with Crippen molar-refractivity contribution in [3.05, 3.63) is 66.7 Å². The van der Waals surface area contributed by atoms with E-state index in [2.05, 4.69) is 16.1 Å². The summed E-state index contributed by atoms with van der Waals surface area (Å²) in [4.78, 5) is 22.9. The van der Waals surface area contributed by atoms with Gasteiger partial charge >= 0.3 is 18.3 Å². The van der Waals surface area contributed by atoms with Crippen molar-refractivity contribution in [1.82, 2.24) is 0 Å². The molecular formula is C18H13F3O6. The topological polar surface area (TPSA) is 71.1 Å². The molecule has 27 heavy (non-hydrogen) atoms. The van der Waals surface area contributed by atoms with Crippen molar-refractivity contribution in [2.24, 2.45) is 0 Å². The molecule has 0 bridgehead atoms. The van der Waals surface area contributed by atoms with Gasteiger partial charge in [0, 0.05) is 6.08 Å². The molecule has 0 aliphatic carbocycles. The standard InChI is InChI=1S/C18H13F3O6/c1-2-16(22)25-11-24-13-5-3-12(4-6-13)17(23)26-14-7-9-15(10-8-14)27-18(19,20)21/h2-10H,1,11H2. The number of benzene rings is 2. The molecule has 142 valence electrons. The molecule has 0 saturated carbocycles. The zero-order valence-electron chi connectivity index (χ0n) is 13.7. The lowest BCUT2D eigenvalue weighted by Crippen LogP contribution is -2.17. The van der Waals surface area contributed by atoms with E-state index >= 15 is 0 Å². The molecular weight excluding hydrogens is 369 g/mol. The van der Waals surface area contributed by atoms with Crippen molar-refractivity contribution in [1.29, 1.82) is 0 Å². The van der Waals surface area contributed by atoms with Crippen molar-refractivity contribution in [2.75, 3.05) is 6.79 Å². The third kappa shape index (κ3) is 6.73. The Hall–Kier alpha value is -3.49. The minimum absolute atomic E-state index is 0.0474. The lowest BCUT2D eigenvalue weighted by atomic mass is 10.2. The Labute approximate surface area is 151 Å². The third-order valence-electron chi connectivity index (χ3n) is 2.95. The molecule has 2 rings (SSSR count). The second kappa shape index (κ2) is 8.75. The van der Waals surface area contributed by atoms with Crippen LogP contribution < -0.4 is 14.2 Å². The Balaban J connectivity index is 1.90. The normalized spacial score (nSPS) is 10.6. The minimum atomic E-state index is -4.80. The number of esters is 2. The van der Waals surface area contributed by atoms with Gasteiger partial charge in [-0.05, 0) is 48.5 Å². The van der Waals surface area contributed by atoms with Crippen LogP contribution in [0.3, 0.4) is 0 Å². The highest BCUT2D eigenvalue weighted by Crippen LogP contribution is 2.25. The van der Waals surface area contributed by atoms with Crippen LogP contribution in [0.4, 0.5) is 13.2 Å². The van der Waals surface area contributed by atoms with Gasteiger partial charge < -0.3 is 18.9 Å². The van der Waals surface area contributed by atoms with Crippen LogP contribution in [0, 0.1) is 0 Å². The number of carbonyl (C=O) groups is 2. The van der Waals surface area contributed by atoms with Gasteiger partial charge in [-0.3, -0.25) is 0 Å². The summed E-state index contributed by atoms with van der Waals surface area (Å²) in [7, 11) is 0. The monoisotopic (exact) mass is 382 g/mol. The van der Waals surface area contributed by atoms with Gasteiger partial charge in [0.05, 0.1) is 5.56 Å². The quantitative estimate of drug-likeness (QED) is 0.313. The van der Waals surface area contributed by atoms with Gasteiger partial charge in [-0.15, -0.1) is 13.2 Å². The van der Waals surface area contributed by atoms with Crippen molar-refractivity contribution < 1.29 is 41.7 Å². The first kappa shape index (κ1) is 19.8. The number of carbonyl (C=O) groups excluding carboxylic acids is 2. The minimum Gasteiger partial charge on any atom is -0.457 e. The highest BCUT2D eigenvalue weighted by molar-refractivity contribution is 5.91. The van der Waals surface area contributed by atoms with Crippen molar-refractivity contribution in [3.8, 4) is 17.2 Å². The lowest BCUT2D eigenvalue weighted by Gasteiger charge is -2.10. The molecule has 0 saturated heterocycles. The van der Waals surface area contributed by atoms with Crippen LogP contribution in [0.15, 0.2) is 61.2 Å². The predicted octanol–water partition coefficient (Wildman–Crippen LogP) is 3.87. The molecule has 0 heterocycles. The average molecular weight is 382 g/mol. The van der Waals surface area contributed by atoms with Gasteiger partial charge in [-0.25, -0.2) is 9.59 Å². The predicted molar refractivity (Wildman–Crippen MR) is 86.3 cm³/mol. The van der Waals surface area contributed by atoms with E-state index in [-0.39, 0.29) is 18.1 Å². The van der Waals surface area contributed by atoms with Crippen molar-refractivity contribution in [3.63, 3.8) is 0 Å². The second-order valence-corrected chi connectivity index (χ2v) is 4.86. The number of hydrogen-bond donors (Lipinski definition) is 0. The van der Waals surface area contributed by atoms with Gasteiger partial charge in [0.1, 0.15) is 17.2 Å². The van der Waals surface area contributed by atoms with Crippen molar-refractivity contribution in [2.45, 2.75) is 6.36 Å². The summed E-state index contributed by atoms with van der Waals surface area (Å²) in [6, 6.07) is 10.1. The van der Waals surface area contributed by atoms with Crippen LogP contribution >= 0.6 is 0 Å². The molecule has 0 aliphatic rings. The summed E-state index contributed by atoms with van der Waals surface area (Å²) in [5.74, 6) is -1.39. The largest absolute Gasteiger partial charge is 0.573 e. The van der Waals surface area contributed by atoms with Gasteiger partial charge in [0.15, 0.2) is 0 Å². The molecule has 0 aliphatic heterocycles. The van der Waals surface area contributed by atoms with E-state index in [9.17, 15) is 22.8 Å². The van der Waals surface area contributed by atoms with Gasteiger partial charge in [0.25, 0.3) is 0 Å². The summed E-state index contributed by atoms with van der Waals surface area (Å²) >= 11 is 0. The molecule has 0 N–H and O–H groups in total. The molecule has 0 spiro atoms. The highest BCUT2D eigenvalue weighted by Gasteiger charge is 2.31. The molecule has 2 aromatic carbocycles. The molecule has 0 aromatic heterocycles. The maximum Gasteiger partial charge on any atom is 0.573 e. The van der Waals surface area contributed by atoms with Crippen LogP contribution in [0.2, 0.25) is 0 Å².